The maximum Gasteiger partial charge on any atom is 0.411 e. The second-order valence-corrected chi connectivity index (χ2v) is 5.10. The lowest BCUT2D eigenvalue weighted by Gasteiger charge is -2.28. The van der Waals surface area contributed by atoms with Gasteiger partial charge in [-0.15, -0.1) is 0 Å². The highest BCUT2D eigenvalue weighted by Crippen LogP contribution is 2.35. The van der Waals surface area contributed by atoms with Crippen molar-refractivity contribution in [3.05, 3.63) is 35.9 Å². The Labute approximate surface area is 135 Å². The molecule has 1 fully saturated rings. The molecule has 1 aliphatic rings. The third-order valence-corrected chi connectivity index (χ3v) is 3.53. The first-order valence-corrected chi connectivity index (χ1v) is 6.92. The lowest BCUT2D eigenvalue weighted by Crippen LogP contribution is -2.51. The van der Waals surface area contributed by atoms with E-state index in [0.717, 1.165) is 7.11 Å². The van der Waals surface area contributed by atoms with Crippen molar-refractivity contribution in [2.24, 2.45) is 0 Å². The molecule has 0 aliphatic carbocycles. The van der Waals surface area contributed by atoms with E-state index >= 15 is 0 Å². The van der Waals surface area contributed by atoms with E-state index in [0.29, 0.717) is 5.56 Å². The SMILES string of the molecule is COC(=O)C1C(=O)CC(C(F)(F)F)N1C(=O)OCc1ccccc1. The molecule has 1 aliphatic heterocycles. The number of alkyl halides is 3. The fourth-order valence-corrected chi connectivity index (χ4v) is 2.39. The second kappa shape index (κ2) is 6.90. The standard InChI is InChI=1S/C15H14F3NO5/c1-23-13(21)12-10(20)7-11(15(16,17)18)19(12)14(22)24-8-9-5-3-2-4-6-9/h2-6,11-12H,7-8H2,1H3. The summed E-state index contributed by atoms with van der Waals surface area (Å²) in [4.78, 5) is 35.6. The van der Waals surface area contributed by atoms with Crippen LogP contribution in [0.1, 0.15) is 12.0 Å². The molecule has 0 aromatic heterocycles. The van der Waals surface area contributed by atoms with Crippen molar-refractivity contribution < 1.29 is 37.0 Å². The van der Waals surface area contributed by atoms with Crippen LogP contribution < -0.4 is 0 Å². The van der Waals surface area contributed by atoms with Gasteiger partial charge in [-0.05, 0) is 5.56 Å². The van der Waals surface area contributed by atoms with Crippen LogP contribution in [-0.2, 0) is 25.7 Å². The van der Waals surface area contributed by atoms with Gasteiger partial charge in [0.15, 0.2) is 11.8 Å². The molecule has 2 rings (SSSR count). The average molecular weight is 345 g/mol. The first-order valence-electron chi connectivity index (χ1n) is 6.92. The number of amides is 1. The number of rotatable bonds is 3. The Morgan fingerprint density at radius 3 is 2.42 bits per heavy atom. The summed E-state index contributed by atoms with van der Waals surface area (Å²) >= 11 is 0. The summed E-state index contributed by atoms with van der Waals surface area (Å²) in [7, 11) is 0.921. The molecule has 0 saturated carbocycles. The first kappa shape index (κ1) is 17.8. The molecule has 130 valence electrons. The molecule has 9 heteroatoms. The number of benzene rings is 1. The number of likely N-dealkylation sites (tertiary alicyclic amines) is 1. The summed E-state index contributed by atoms with van der Waals surface area (Å²) in [6.07, 6.45) is -7.28. The van der Waals surface area contributed by atoms with Crippen LogP contribution >= 0.6 is 0 Å². The summed E-state index contributed by atoms with van der Waals surface area (Å²) in [6, 6.07) is 3.90. The van der Waals surface area contributed by atoms with Gasteiger partial charge in [-0.2, -0.15) is 13.2 Å². The summed E-state index contributed by atoms with van der Waals surface area (Å²) in [5, 5.41) is 0. The maximum absolute atomic E-state index is 13.1. The lowest BCUT2D eigenvalue weighted by molar-refractivity contribution is -0.177. The molecule has 24 heavy (non-hydrogen) atoms. The largest absolute Gasteiger partial charge is 0.467 e. The number of esters is 1. The van der Waals surface area contributed by atoms with Crippen molar-refractivity contribution in [2.75, 3.05) is 7.11 Å². The predicted molar refractivity (Wildman–Crippen MR) is 73.7 cm³/mol. The molecular formula is C15H14F3NO5. The molecule has 1 saturated heterocycles. The highest BCUT2D eigenvalue weighted by Gasteiger charge is 2.58. The Balaban J connectivity index is 2.21. The van der Waals surface area contributed by atoms with Gasteiger partial charge in [-0.3, -0.25) is 9.69 Å². The van der Waals surface area contributed by atoms with Crippen molar-refractivity contribution in [2.45, 2.75) is 31.3 Å². The number of carbonyl (C=O) groups is 3. The van der Waals surface area contributed by atoms with Gasteiger partial charge in [0.1, 0.15) is 12.6 Å². The summed E-state index contributed by atoms with van der Waals surface area (Å²) in [6.45, 7) is -0.289. The van der Waals surface area contributed by atoms with Gasteiger partial charge < -0.3 is 9.47 Å². The number of carbonyl (C=O) groups excluding carboxylic acids is 3. The number of ketones is 1. The van der Waals surface area contributed by atoms with Crippen LogP contribution in [0.15, 0.2) is 30.3 Å². The smallest absolute Gasteiger partial charge is 0.411 e. The minimum absolute atomic E-state index is 0.108. The molecule has 0 bridgehead atoms. The van der Waals surface area contributed by atoms with Crippen molar-refractivity contribution in [3.63, 3.8) is 0 Å². The average Bonchev–Trinajstić information content (AvgIpc) is 2.90. The minimum atomic E-state index is -4.87. The van der Waals surface area contributed by atoms with Crippen LogP contribution in [0.5, 0.6) is 0 Å². The van der Waals surface area contributed by atoms with E-state index in [9.17, 15) is 27.6 Å². The summed E-state index contributed by atoms with van der Waals surface area (Å²) in [5.41, 5.74) is 0.551. The van der Waals surface area contributed by atoms with E-state index in [2.05, 4.69) is 4.74 Å². The van der Waals surface area contributed by atoms with Crippen molar-refractivity contribution in [3.8, 4) is 0 Å². The molecule has 2 unspecified atom stereocenters. The Kier molecular flexibility index (Phi) is 5.10. The molecular weight excluding hydrogens is 331 g/mol. The lowest BCUT2D eigenvalue weighted by atomic mass is 10.1. The van der Waals surface area contributed by atoms with Crippen molar-refractivity contribution in [1.29, 1.82) is 0 Å². The third-order valence-electron chi connectivity index (χ3n) is 3.53. The summed E-state index contributed by atoms with van der Waals surface area (Å²) < 4.78 is 48.5. The van der Waals surface area contributed by atoms with Crippen LogP contribution in [0.3, 0.4) is 0 Å². The van der Waals surface area contributed by atoms with Crippen molar-refractivity contribution >= 4 is 17.8 Å². The zero-order valence-corrected chi connectivity index (χ0v) is 12.6. The van der Waals surface area contributed by atoms with Gasteiger partial charge in [0.25, 0.3) is 0 Å². The topological polar surface area (TPSA) is 72.9 Å². The number of hydrogen-bond donors (Lipinski definition) is 0. The van der Waals surface area contributed by atoms with E-state index in [-0.39, 0.29) is 11.5 Å². The molecule has 0 spiro atoms. The number of nitrogens with zero attached hydrogens (tertiary/aromatic N) is 1. The van der Waals surface area contributed by atoms with Crippen LogP contribution in [0.25, 0.3) is 0 Å². The Morgan fingerprint density at radius 1 is 1.25 bits per heavy atom. The minimum Gasteiger partial charge on any atom is -0.467 e. The number of methoxy groups -OCH3 is 1. The van der Waals surface area contributed by atoms with Gasteiger partial charge in [0.2, 0.25) is 0 Å². The van der Waals surface area contributed by atoms with Crippen LogP contribution in [0.4, 0.5) is 18.0 Å². The van der Waals surface area contributed by atoms with Gasteiger partial charge in [0.05, 0.1) is 7.11 Å². The summed E-state index contributed by atoms with van der Waals surface area (Å²) in [5.74, 6) is -2.27. The third kappa shape index (κ3) is 3.66. The molecule has 6 nitrogen and oxygen atoms in total. The van der Waals surface area contributed by atoms with E-state index in [1.54, 1.807) is 30.3 Å². The Morgan fingerprint density at radius 2 is 1.88 bits per heavy atom. The quantitative estimate of drug-likeness (QED) is 0.619. The first-order chi connectivity index (χ1) is 11.3. The van der Waals surface area contributed by atoms with Gasteiger partial charge in [0, 0.05) is 6.42 Å². The van der Waals surface area contributed by atoms with Crippen LogP contribution in [-0.4, -0.2) is 48.1 Å². The Hall–Kier alpha value is -2.58. The van der Waals surface area contributed by atoms with E-state index in [1.165, 1.54) is 0 Å². The zero-order valence-electron chi connectivity index (χ0n) is 12.6. The number of halogens is 3. The molecule has 1 aromatic rings. The fraction of sp³-hybridized carbons (Fsp3) is 0.400. The van der Waals surface area contributed by atoms with Crippen LogP contribution in [0, 0.1) is 0 Å². The number of ether oxygens (including phenoxy) is 2. The van der Waals surface area contributed by atoms with E-state index in [1.807, 2.05) is 0 Å². The van der Waals surface area contributed by atoms with Gasteiger partial charge in [-0.25, -0.2) is 9.59 Å². The maximum atomic E-state index is 13.1. The molecule has 1 amide bonds. The Bertz CT molecular complexity index is 632. The highest BCUT2D eigenvalue weighted by molar-refractivity contribution is 6.07. The monoisotopic (exact) mass is 345 g/mol. The molecule has 0 radical (unpaired) electrons. The molecule has 1 heterocycles. The number of hydrogen-bond acceptors (Lipinski definition) is 5. The van der Waals surface area contributed by atoms with Crippen molar-refractivity contribution in [1.82, 2.24) is 4.90 Å². The second-order valence-electron chi connectivity index (χ2n) is 5.10. The highest BCUT2D eigenvalue weighted by atomic mass is 19.4. The normalized spacial score (nSPS) is 20.8. The van der Waals surface area contributed by atoms with Gasteiger partial charge in [-0.1, -0.05) is 30.3 Å². The van der Waals surface area contributed by atoms with Crippen LogP contribution in [0.2, 0.25) is 0 Å². The molecule has 2 atom stereocenters. The zero-order chi connectivity index (χ0) is 17.9. The number of Topliss-reactive ketones (excluding diaryl/α,β-unsaturated/α-hetero) is 1. The molecule has 1 aromatic carbocycles. The molecule has 0 N–H and O–H groups in total. The van der Waals surface area contributed by atoms with Gasteiger partial charge >= 0.3 is 18.2 Å². The van der Waals surface area contributed by atoms with E-state index < -0.39 is 42.5 Å². The van der Waals surface area contributed by atoms with E-state index in [4.69, 9.17) is 4.74 Å². The predicted octanol–water partition coefficient (Wildman–Crippen LogP) is 2.07. The fourth-order valence-electron chi connectivity index (χ4n) is 2.39.